The fraction of sp³-hybridized carbons (Fsp3) is 0.429. The Morgan fingerprint density at radius 3 is 2.41 bits per heavy atom. The van der Waals surface area contributed by atoms with Crippen molar-refractivity contribution in [2.45, 2.75) is 26.4 Å². The van der Waals surface area contributed by atoms with Crippen LogP contribution in [0.5, 0.6) is 11.5 Å². The molecule has 0 spiro atoms. The number of carbonyl (C=O) groups is 2. The fourth-order valence-electron chi connectivity index (χ4n) is 1.46. The van der Waals surface area contributed by atoms with Gasteiger partial charge in [0.15, 0.2) is 18.1 Å². The van der Waals surface area contributed by atoms with Gasteiger partial charge in [-0.15, -0.1) is 0 Å². The molecular weight excluding hydrogens is 314 g/mol. The van der Waals surface area contributed by atoms with Gasteiger partial charge in [-0.05, 0) is 20.8 Å². The minimum absolute atomic E-state index is 0.139. The maximum Gasteiger partial charge on any atom is 0.412 e. The van der Waals surface area contributed by atoms with Crippen molar-refractivity contribution in [1.29, 1.82) is 0 Å². The highest BCUT2D eigenvalue weighted by atomic mass is 35.5. The standard InChI is InChI=1S/C14H18ClNO6/c1-14(2,3)22-13(19)16-9-6-11(21-7-12(17)18)10(20-4)5-8(9)15/h5-6H,7H2,1-4H3,(H,16,19)(H,17,18). The molecule has 0 aliphatic carbocycles. The van der Waals surface area contributed by atoms with E-state index in [-0.39, 0.29) is 22.2 Å². The molecule has 0 atom stereocenters. The summed E-state index contributed by atoms with van der Waals surface area (Å²) in [5, 5.41) is 11.3. The molecule has 8 heteroatoms. The largest absolute Gasteiger partial charge is 0.493 e. The molecule has 7 nitrogen and oxygen atoms in total. The number of ether oxygens (including phenoxy) is 3. The number of amides is 1. The van der Waals surface area contributed by atoms with Gasteiger partial charge in [0.05, 0.1) is 17.8 Å². The number of rotatable bonds is 5. The van der Waals surface area contributed by atoms with E-state index < -0.39 is 24.3 Å². The zero-order valence-corrected chi connectivity index (χ0v) is 13.5. The van der Waals surface area contributed by atoms with E-state index in [0.29, 0.717) is 0 Å². The second-order valence-electron chi connectivity index (χ2n) is 5.29. The van der Waals surface area contributed by atoms with Crippen molar-refractivity contribution in [3.05, 3.63) is 17.2 Å². The summed E-state index contributed by atoms with van der Waals surface area (Å²) in [6, 6.07) is 2.78. The molecule has 22 heavy (non-hydrogen) atoms. The van der Waals surface area contributed by atoms with E-state index in [2.05, 4.69) is 5.32 Å². The monoisotopic (exact) mass is 331 g/mol. The summed E-state index contributed by atoms with van der Waals surface area (Å²) in [6.07, 6.45) is -0.691. The first-order chi connectivity index (χ1) is 10.1. The van der Waals surface area contributed by atoms with Crippen LogP contribution in [0.3, 0.4) is 0 Å². The van der Waals surface area contributed by atoms with Gasteiger partial charge in [-0.3, -0.25) is 5.32 Å². The molecule has 0 unspecified atom stereocenters. The SMILES string of the molecule is COc1cc(Cl)c(NC(=O)OC(C)(C)C)cc1OCC(=O)O. The third-order valence-electron chi connectivity index (χ3n) is 2.24. The molecule has 0 saturated carbocycles. The van der Waals surface area contributed by atoms with E-state index >= 15 is 0 Å². The van der Waals surface area contributed by atoms with Gasteiger partial charge in [0.25, 0.3) is 0 Å². The smallest absolute Gasteiger partial charge is 0.412 e. The highest BCUT2D eigenvalue weighted by molar-refractivity contribution is 6.33. The molecular formula is C14H18ClNO6. The molecule has 1 aromatic rings. The molecule has 0 saturated heterocycles. The Bertz CT molecular complexity index is 567. The Balaban J connectivity index is 2.97. The summed E-state index contributed by atoms with van der Waals surface area (Å²) in [5.74, 6) is -0.750. The first-order valence-electron chi connectivity index (χ1n) is 6.34. The van der Waals surface area contributed by atoms with Crippen LogP contribution in [0.4, 0.5) is 10.5 Å². The van der Waals surface area contributed by atoms with Crippen LogP contribution in [0.15, 0.2) is 12.1 Å². The van der Waals surface area contributed by atoms with Crippen molar-refractivity contribution in [2.24, 2.45) is 0 Å². The Morgan fingerprint density at radius 2 is 1.91 bits per heavy atom. The zero-order valence-electron chi connectivity index (χ0n) is 12.7. The molecule has 0 radical (unpaired) electrons. The molecule has 0 heterocycles. The number of hydrogen-bond acceptors (Lipinski definition) is 5. The van der Waals surface area contributed by atoms with E-state index in [1.807, 2.05) is 0 Å². The molecule has 0 aliphatic rings. The number of hydrogen-bond donors (Lipinski definition) is 2. The molecule has 0 fully saturated rings. The van der Waals surface area contributed by atoms with Gasteiger partial charge in [-0.2, -0.15) is 0 Å². The number of carboxylic acids is 1. The summed E-state index contributed by atoms with van der Waals surface area (Å²) in [7, 11) is 1.39. The quantitative estimate of drug-likeness (QED) is 0.860. The minimum atomic E-state index is -1.14. The van der Waals surface area contributed by atoms with Crippen LogP contribution in [-0.4, -0.2) is 36.5 Å². The second-order valence-corrected chi connectivity index (χ2v) is 5.70. The third kappa shape index (κ3) is 5.69. The van der Waals surface area contributed by atoms with Gasteiger partial charge in [0, 0.05) is 12.1 Å². The normalized spacial score (nSPS) is 10.8. The first kappa shape index (κ1) is 17.9. The average Bonchev–Trinajstić information content (AvgIpc) is 2.36. The summed E-state index contributed by atoms with van der Waals surface area (Å²) < 4.78 is 15.3. The van der Waals surface area contributed by atoms with Gasteiger partial charge in [0.2, 0.25) is 0 Å². The van der Waals surface area contributed by atoms with Crippen LogP contribution < -0.4 is 14.8 Å². The van der Waals surface area contributed by atoms with Crippen molar-refractivity contribution in [2.75, 3.05) is 19.0 Å². The van der Waals surface area contributed by atoms with E-state index in [4.69, 9.17) is 30.9 Å². The van der Waals surface area contributed by atoms with Gasteiger partial charge in [0.1, 0.15) is 5.60 Å². The van der Waals surface area contributed by atoms with Crippen LogP contribution in [0.25, 0.3) is 0 Å². The Labute approximate surface area is 133 Å². The van der Waals surface area contributed by atoms with Gasteiger partial charge in [-0.25, -0.2) is 9.59 Å². The highest BCUT2D eigenvalue weighted by Gasteiger charge is 2.19. The van der Waals surface area contributed by atoms with Crippen LogP contribution in [0.1, 0.15) is 20.8 Å². The highest BCUT2D eigenvalue weighted by Crippen LogP contribution is 2.36. The Morgan fingerprint density at radius 1 is 1.27 bits per heavy atom. The number of benzene rings is 1. The molecule has 0 aromatic heterocycles. The average molecular weight is 332 g/mol. The predicted octanol–water partition coefficient (Wildman–Crippen LogP) is 3.16. The van der Waals surface area contributed by atoms with Gasteiger partial charge < -0.3 is 19.3 Å². The molecule has 1 aromatic carbocycles. The summed E-state index contributed by atoms with van der Waals surface area (Å²) in [4.78, 5) is 22.3. The number of carbonyl (C=O) groups excluding carboxylic acids is 1. The predicted molar refractivity (Wildman–Crippen MR) is 81.0 cm³/mol. The molecule has 1 rings (SSSR count). The topological polar surface area (TPSA) is 94.1 Å². The van der Waals surface area contributed by atoms with Crippen molar-refractivity contribution >= 4 is 29.4 Å². The number of nitrogens with one attached hydrogen (secondary N) is 1. The number of carboxylic acid groups (broad SMARTS) is 1. The van der Waals surface area contributed by atoms with E-state index in [1.54, 1.807) is 20.8 Å². The number of methoxy groups -OCH3 is 1. The zero-order chi connectivity index (χ0) is 16.9. The maximum atomic E-state index is 11.8. The molecule has 1 amide bonds. The lowest BCUT2D eigenvalue weighted by Gasteiger charge is -2.20. The number of anilines is 1. The Hall–Kier alpha value is -2.15. The number of aliphatic carboxylic acids is 1. The summed E-state index contributed by atoms with van der Waals surface area (Å²) >= 11 is 6.04. The van der Waals surface area contributed by atoms with E-state index in [0.717, 1.165) is 0 Å². The third-order valence-corrected chi connectivity index (χ3v) is 2.55. The molecule has 0 bridgehead atoms. The van der Waals surface area contributed by atoms with Gasteiger partial charge >= 0.3 is 12.1 Å². The lowest BCUT2D eigenvalue weighted by Crippen LogP contribution is -2.27. The van der Waals surface area contributed by atoms with Crippen LogP contribution in [0, 0.1) is 0 Å². The first-order valence-corrected chi connectivity index (χ1v) is 6.72. The molecule has 122 valence electrons. The lowest BCUT2D eigenvalue weighted by atomic mass is 10.2. The Kier molecular flexibility index (Phi) is 5.87. The maximum absolute atomic E-state index is 11.8. The summed E-state index contributed by atoms with van der Waals surface area (Å²) in [5.41, 5.74) is -0.442. The minimum Gasteiger partial charge on any atom is -0.493 e. The van der Waals surface area contributed by atoms with Crippen LogP contribution >= 0.6 is 11.6 Å². The number of halogens is 1. The second kappa shape index (κ2) is 7.22. The van der Waals surface area contributed by atoms with E-state index in [1.165, 1.54) is 19.2 Å². The molecule has 2 N–H and O–H groups in total. The lowest BCUT2D eigenvalue weighted by molar-refractivity contribution is -0.139. The van der Waals surface area contributed by atoms with Crippen molar-refractivity contribution in [3.63, 3.8) is 0 Å². The summed E-state index contributed by atoms with van der Waals surface area (Å²) in [6.45, 7) is 4.63. The fourth-order valence-corrected chi connectivity index (χ4v) is 1.66. The van der Waals surface area contributed by atoms with Crippen molar-refractivity contribution < 1.29 is 28.9 Å². The van der Waals surface area contributed by atoms with Crippen molar-refractivity contribution in [1.82, 2.24) is 0 Å². The molecule has 0 aliphatic heterocycles. The van der Waals surface area contributed by atoms with Crippen LogP contribution in [-0.2, 0) is 9.53 Å². The van der Waals surface area contributed by atoms with E-state index in [9.17, 15) is 9.59 Å². The van der Waals surface area contributed by atoms with Gasteiger partial charge in [-0.1, -0.05) is 11.6 Å². The van der Waals surface area contributed by atoms with Crippen molar-refractivity contribution in [3.8, 4) is 11.5 Å². The van der Waals surface area contributed by atoms with Crippen LogP contribution in [0.2, 0.25) is 5.02 Å².